The summed E-state index contributed by atoms with van der Waals surface area (Å²) in [5, 5.41) is 9.57. The smallest absolute Gasteiger partial charge is 0.327 e. The van der Waals surface area contributed by atoms with Crippen molar-refractivity contribution in [3.8, 4) is 0 Å². The van der Waals surface area contributed by atoms with Crippen molar-refractivity contribution in [2.45, 2.75) is 25.3 Å². The Morgan fingerprint density at radius 3 is 2.54 bits per heavy atom. The second-order valence-corrected chi connectivity index (χ2v) is 16.5. The van der Waals surface area contributed by atoms with E-state index < -0.39 is 40.5 Å². The Balaban J connectivity index is 1.49. The topological polar surface area (TPSA) is 94.9 Å². The molecule has 2 heterocycles. The summed E-state index contributed by atoms with van der Waals surface area (Å²) in [7, 11) is -2.67. The van der Waals surface area contributed by atoms with Crippen LogP contribution in [0.25, 0.3) is 0 Å². The zero-order chi connectivity index (χ0) is 20.2. The number of hydrogen-bond acceptors (Lipinski definition) is 4. The molecule has 2 aliphatic rings. The number of carbonyl (C=O) groups is 2. The number of carbonyl (C=O) groups excluding carboxylic acids is 1. The van der Waals surface area contributed by atoms with Crippen LogP contribution in [-0.2, 0) is 20.6 Å². The number of unbranched alkanes of at least 4 members (excludes halogenated alkanes) is 1. The minimum absolute atomic E-state index is 0.0994. The van der Waals surface area contributed by atoms with Crippen LogP contribution in [0, 0.1) is 0 Å². The highest BCUT2D eigenvalue weighted by Crippen LogP contribution is 2.69. The quantitative estimate of drug-likeness (QED) is 0.363. The summed E-state index contributed by atoms with van der Waals surface area (Å²) >= 11 is 0. The zero-order valence-corrected chi connectivity index (χ0v) is 18.4. The van der Waals surface area contributed by atoms with Gasteiger partial charge in [0.05, 0.1) is 0 Å². The molecule has 2 unspecified atom stereocenters. The molecule has 1 aromatic rings. The molecular weight excluding hydrogens is 417 g/mol. The number of hydrogen-bond donors (Lipinski definition) is 2. The lowest BCUT2D eigenvalue weighted by Gasteiger charge is -2.53. The van der Waals surface area contributed by atoms with Gasteiger partial charge in [-0.25, -0.2) is 4.79 Å². The van der Waals surface area contributed by atoms with Crippen LogP contribution in [0.15, 0.2) is 30.3 Å². The lowest BCUT2D eigenvalue weighted by atomic mass is 10.1. The summed E-state index contributed by atoms with van der Waals surface area (Å²) in [6.45, 7) is 0.395. The average molecular weight is 446 g/mol. The predicted molar refractivity (Wildman–Crippen MR) is 117 cm³/mol. The van der Waals surface area contributed by atoms with Crippen molar-refractivity contribution in [3.05, 3.63) is 35.9 Å². The van der Waals surface area contributed by atoms with Gasteiger partial charge in [0.2, 0.25) is 13.3 Å². The molecule has 6 nitrogen and oxygen atoms in total. The maximum atomic E-state index is 12.6. The summed E-state index contributed by atoms with van der Waals surface area (Å²) in [5.74, 6) is 2.03. The number of carboxylic acid groups (broad SMARTS) is 1. The molecule has 9 heteroatoms. The lowest BCUT2D eigenvalue weighted by Crippen LogP contribution is -2.55. The third kappa shape index (κ3) is 5.56. The van der Waals surface area contributed by atoms with Gasteiger partial charge in [-0.15, -0.1) is 10.8 Å². The summed E-state index contributed by atoms with van der Waals surface area (Å²) in [4.78, 5) is 35.9. The number of aryl methyl sites for hydroxylation is 1. The number of benzene rings is 1. The molecule has 3 atom stereocenters. The fraction of sp³-hybridized carbons (Fsp3) is 0.579. The first-order chi connectivity index (χ1) is 13.3. The highest BCUT2D eigenvalue weighted by molar-refractivity contribution is 8.96. The van der Waals surface area contributed by atoms with Gasteiger partial charge >= 0.3 is 5.97 Å². The standard InChI is InChI=1S/C19H28NO5PS2/c21-18(20-9-12-28(13-11-27-28)15-17(20)19(22)23)14-26(24,25)10-5-4-8-16-6-2-1-3-7-16/h1-3,6-7,17H,4-5,8-15H2,(H,22,23)(H,24,25). The van der Waals surface area contributed by atoms with Gasteiger partial charge in [0.15, 0.2) is 0 Å². The minimum Gasteiger partial charge on any atom is -0.480 e. The molecule has 1 spiro atoms. The zero-order valence-electron chi connectivity index (χ0n) is 15.9. The van der Waals surface area contributed by atoms with E-state index in [2.05, 4.69) is 0 Å². The molecular formula is C19H28NO5PS2. The van der Waals surface area contributed by atoms with Crippen molar-refractivity contribution in [2.75, 3.05) is 41.9 Å². The van der Waals surface area contributed by atoms with E-state index in [4.69, 9.17) is 0 Å². The van der Waals surface area contributed by atoms with Gasteiger partial charge in [0.1, 0.15) is 12.2 Å². The fourth-order valence-electron chi connectivity index (χ4n) is 3.71. The monoisotopic (exact) mass is 445 g/mol. The van der Waals surface area contributed by atoms with Gasteiger partial charge in [0.25, 0.3) is 0 Å². The second kappa shape index (κ2) is 9.24. The van der Waals surface area contributed by atoms with E-state index in [-0.39, 0.29) is 6.16 Å². The SMILES string of the molecule is O=C(O)C1C[S@]2(CCS2)CCN1C(=O)CP(=O)(O)CCCCc1ccccc1. The molecule has 0 saturated carbocycles. The number of carboxylic acids is 1. The van der Waals surface area contributed by atoms with Gasteiger partial charge in [0, 0.05) is 30.0 Å². The molecule has 156 valence electrons. The highest BCUT2D eigenvalue weighted by atomic mass is 33.2. The van der Waals surface area contributed by atoms with E-state index >= 15 is 0 Å². The molecule has 2 aliphatic heterocycles. The van der Waals surface area contributed by atoms with E-state index in [9.17, 15) is 24.2 Å². The Morgan fingerprint density at radius 1 is 1.21 bits per heavy atom. The molecule has 2 fully saturated rings. The summed E-state index contributed by atoms with van der Waals surface area (Å²) in [6.07, 6.45) is 1.85. The molecule has 0 bridgehead atoms. The number of nitrogens with zero attached hydrogens (tertiary/aromatic N) is 1. The van der Waals surface area contributed by atoms with E-state index in [0.717, 1.165) is 30.1 Å². The maximum absolute atomic E-state index is 12.6. The molecule has 1 aromatic carbocycles. The van der Waals surface area contributed by atoms with E-state index in [1.807, 2.05) is 41.1 Å². The minimum atomic E-state index is -3.60. The third-order valence-corrected chi connectivity index (χ3v) is 14.5. The molecule has 2 N–H and O–H groups in total. The lowest BCUT2D eigenvalue weighted by molar-refractivity contribution is -0.148. The summed E-state index contributed by atoms with van der Waals surface area (Å²) < 4.78 is 12.5. The average Bonchev–Trinajstić information content (AvgIpc) is 2.64. The first kappa shape index (κ1) is 21.8. The van der Waals surface area contributed by atoms with Crippen molar-refractivity contribution in [1.82, 2.24) is 4.90 Å². The Morgan fingerprint density at radius 2 is 1.93 bits per heavy atom. The largest absolute Gasteiger partial charge is 0.480 e. The number of amides is 1. The van der Waals surface area contributed by atoms with Gasteiger partial charge < -0.3 is 14.9 Å². The second-order valence-electron chi connectivity index (χ2n) is 7.47. The van der Waals surface area contributed by atoms with Crippen LogP contribution in [0.2, 0.25) is 0 Å². The van der Waals surface area contributed by atoms with E-state index in [1.54, 1.807) is 0 Å². The van der Waals surface area contributed by atoms with Gasteiger partial charge in [-0.1, -0.05) is 30.3 Å². The van der Waals surface area contributed by atoms with Crippen LogP contribution in [0.1, 0.15) is 18.4 Å². The first-order valence-electron chi connectivity index (χ1n) is 9.58. The Hall–Kier alpha value is -0.950. The van der Waals surface area contributed by atoms with Crippen LogP contribution in [0.4, 0.5) is 0 Å². The van der Waals surface area contributed by atoms with E-state index in [0.29, 0.717) is 18.7 Å². The van der Waals surface area contributed by atoms with Crippen LogP contribution >= 0.6 is 27.2 Å². The first-order valence-corrected chi connectivity index (χ1v) is 15.3. The maximum Gasteiger partial charge on any atom is 0.327 e. The van der Waals surface area contributed by atoms with Crippen LogP contribution in [0.5, 0.6) is 0 Å². The number of aliphatic carboxylic acids is 1. The molecule has 2 saturated heterocycles. The van der Waals surface area contributed by atoms with E-state index in [1.165, 1.54) is 10.5 Å². The van der Waals surface area contributed by atoms with Crippen molar-refractivity contribution < 1.29 is 24.2 Å². The van der Waals surface area contributed by atoms with Crippen molar-refractivity contribution in [3.63, 3.8) is 0 Å². The van der Waals surface area contributed by atoms with Crippen molar-refractivity contribution in [2.24, 2.45) is 0 Å². The molecule has 1 amide bonds. The Labute approximate surface area is 171 Å². The Kier molecular flexibility index (Phi) is 7.18. The normalized spacial score (nSPS) is 26.5. The molecule has 3 rings (SSSR count). The highest BCUT2D eigenvalue weighted by Gasteiger charge is 2.45. The molecule has 0 aliphatic carbocycles. The molecule has 28 heavy (non-hydrogen) atoms. The van der Waals surface area contributed by atoms with Gasteiger partial charge in [-0.2, -0.15) is 9.06 Å². The van der Waals surface area contributed by atoms with Crippen LogP contribution in [-0.4, -0.2) is 74.7 Å². The Bertz CT molecular complexity index is 756. The summed E-state index contributed by atoms with van der Waals surface area (Å²) in [6, 6.07) is 9.10. The van der Waals surface area contributed by atoms with Crippen LogP contribution in [0.3, 0.4) is 0 Å². The summed E-state index contributed by atoms with van der Waals surface area (Å²) in [5.41, 5.74) is 1.19. The molecule has 0 radical (unpaired) electrons. The van der Waals surface area contributed by atoms with Gasteiger partial charge in [-0.3, -0.25) is 9.36 Å². The van der Waals surface area contributed by atoms with Crippen molar-refractivity contribution in [1.29, 1.82) is 0 Å². The van der Waals surface area contributed by atoms with Crippen LogP contribution < -0.4 is 0 Å². The predicted octanol–water partition coefficient (Wildman–Crippen LogP) is 3.04. The third-order valence-electron chi connectivity index (χ3n) is 5.38. The number of rotatable bonds is 8. The fourth-order valence-corrected chi connectivity index (χ4v) is 11.2. The van der Waals surface area contributed by atoms with Gasteiger partial charge in [-0.05, 0) is 30.6 Å². The molecule has 0 aromatic heterocycles. The van der Waals surface area contributed by atoms with Crippen molar-refractivity contribution >= 4 is 39.1 Å².